The third-order valence-electron chi connectivity index (χ3n) is 3.89. The smallest absolute Gasteiger partial charge is 0.326 e. The van der Waals surface area contributed by atoms with Crippen molar-refractivity contribution in [2.75, 3.05) is 23.8 Å². The summed E-state index contributed by atoms with van der Waals surface area (Å²) in [5, 5.41) is 9.16. The number of hydrogen-bond donors (Lipinski definition) is 0. The first-order valence-corrected chi connectivity index (χ1v) is 10.2. The van der Waals surface area contributed by atoms with Gasteiger partial charge in [-0.05, 0) is 37.3 Å². The van der Waals surface area contributed by atoms with Crippen LogP contribution in [0.25, 0.3) is 5.69 Å². The number of nitrogens with zero attached hydrogens (tertiary/aromatic N) is 4. The molecule has 0 fully saturated rings. The molecule has 1 heterocycles. The van der Waals surface area contributed by atoms with Crippen molar-refractivity contribution >= 4 is 40.9 Å². The van der Waals surface area contributed by atoms with Gasteiger partial charge in [0.25, 0.3) is 0 Å². The molecule has 0 saturated carbocycles. The Morgan fingerprint density at radius 2 is 1.97 bits per heavy atom. The second-order valence-corrected chi connectivity index (χ2v) is 7.25. The molecule has 0 saturated heterocycles. The van der Waals surface area contributed by atoms with Gasteiger partial charge in [0.05, 0.1) is 18.0 Å². The molecule has 0 N–H and O–H groups in total. The normalized spacial score (nSPS) is 10.6. The molecule has 0 unspecified atom stereocenters. The van der Waals surface area contributed by atoms with E-state index in [1.54, 1.807) is 42.1 Å². The van der Waals surface area contributed by atoms with Crippen LogP contribution in [0, 0.1) is 0 Å². The highest BCUT2D eigenvalue weighted by Crippen LogP contribution is 2.23. The average Bonchev–Trinajstić information content (AvgIpc) is 3.20. The SMILES string of the molecule is CCOC(=O)CN(C(=O)CSc1nncn1-c1cccc(Cl)c1)c1ccccc1. The molecule has 0 radical (unpaired) electrons. The van der Waals surface area contributed by atoms with Gasteiger partial charge in [-0.1, -0.05) is 47.6 Å². The molecule has 0 aliphatic heterocycles. The van der Waals surface area contributed by atoms with Gasteiger partial charge in [0.1, 0.15) is 12.9 Å². The van der Waals surface area contributed by atoms with E-state index in [-0.39, 0.29) is 24.8 Å². The first kappa shape index (κ1) is 20.9. The number of para-hydroxylation sites is 1. The van der Waals surface area contributed by atoms with Gasteiger partial charge in [-0.15, -0.1) is 10.2 Å². The summed E-state index contributed by atoms with van der Waals surface area (Å²) >= 11 is 7.29. The molecular weight excluding hydrogens is 412 g/mol. The van der Waals surface area contributed by atoms with E-state index in [0.29, 0.717) is 15.9 Å². The summed E-state index contributed by atoms with van der Waals surface area (Å²) in [7, 11) is 0. The Labute approximate surface area is 177 Å². The number of hydrogen-bond acceptors (Lipinski definition) is 6. The highest BCUT2D eigenvalue weighted by Gasteiger charge is 2.21. The Hall–Kier alpha value is -2.84. The zero-order valence-corrected chi connectivity index (χ0v) is 17.3. The number of amides is 1. The van der Waals surface area contributed by atoms with E-state index >= 15 is 0 Å². The Bertz CT molecular complexity index is 981. The number of benzene rings is 2. The predicted octanol–water partition coefficient (Wildman–Crippen LogP) is 3.61. The van der Waals surface area contributed by atoms with Crippen molar-refractivity contribution in [2.24, 2.45) is 0 Å². The summed E-state index contributed by atoms with van der Waals surface area (Å²) in [5.41, 5.74) is 1.42. The summed E-state index contributed by atoms with van der Waals surface area (Å²) in [6.07, 6.45) is 1.56. The van der Waals surface area contributed by atoms with Gasteiger partial charge in [0, 0.05) is 10.7 Å². The molecule has 9 heteroatoms. The summed E-state index contributed by atoms with van der Waals surface area (Å²) in [4.78, 5) is 26.3. The Kier molecular flexibility index (Phi) is 7.26. The fourth-order valence-corrected chi connectivity index (χ4v) is 3.59. The predicted molar refractivity (Wildman–Crippen MR) is 113 cm³/mol. The van der Waals surface area contributed by atoms with E-state index in [2.05, 4.69) is 10.2 Å². The van der Waals surface area contributed by atoms with Crippen molar-refractivity contribution in [3.63, 3.8) is 0 Å². The van der Waals surface area contributed by atoms with Crippen LogP contribution in [-0.2, 0) is 14.3 Å². The van der Waals surface area contributed by atoms with Gasteiger partial charge >= 0.3 is 5.97 Å². The van der Waals surface area contributed by atoms with Crippen molar-refractivity contribution in [3.8, 4) is 5.69 Å². The molecule has 0 atom stereocenters. The fraction of sp³-hybridized carbons (Fsp3) is 0.200. The van der Waals surface area contributed by atoms with Crippen LogP contribution in [0.15, 0.2) is 66.1 Å². The molecule has 1 aromatic heterocycles. The van der Waals surface area contributed by atoms with E-state index in [0.717, 1.165) is 5.69 Å². The molecular formula is C20H19ClN4O3S. The van der Waals surface area contributed by atoms with Gasteiger partial charge in [-0.3, -0.25) is 14.2 Å². The molecule has 0 spiro atoms. The first-order chi connectivity index (χ1) is 14.1. The van der Waals surface area contributed by atoms with Gasteiger partial charge in [-0.25, -0.2) is 0 Å². The first-order valence-electron chi connectivity index (χ1n) is 8.88. The largest absolute Gasteiger partial charge is 0.465 e. The zero-order valence-electron chi connectivity index (χ0n) is 15.7. The van der Waals surface area contributed by atoms with Gasteiger partial charge in [0.2, 0.25) is 5.91 Å². The van der Waals surface area contributed by atoms with Crippen LogP contribution >= 0.6 is 23.4 Å². The molecule has 3 rings (SSSR count). The van der Waals surface area contributed by atoms with Crippen LogP contribution in [0.3, 0.4) is 0 Å². The summed E-state index contributed by atoms with van der Waals surface area (Å²) in [6.45, 7) is 1.83. The van der Waals surface area contributed by atoms with Crippen molar-refractivity contribution < 1.29 is 14.3 Å². The maximum atomic E-state index is 12.9. The van der Waals surface area contributed by atoms with Crippen molar-refractivity contribution in [3.05, 3.63) is 65.9 Å². The fourth-order valence-electron chi connectivity index (χ4n) is 2.60. The molecule has 2 aromatic carbocycles. The van der Waals surface area contributed by atoms with Crippen LogP contribution in [0.2, 0.25) is 5.02 Å². The lowest BCUT2D eigenvalue weighted by atomic mass is 10.3. The molecule has 3 aromatic rings. The highest BCUT2D eigenvalue weighted by atomic mass is 35.5. The highest BCUT2D eigenvalue weighted by molar-refractivity contribution is 7.99. The average molecular weight is 431 g/mol. The van der Waals surface area contributed by atoms with Gasteiger partial charge in [0.15, 0.2) is 5.16 Å². The quantitative estimate of drug-likeness (QED) is 0.401. The number of halogens is 1. The minimum atomic E-state index is -0.461. The van der Waals surface area contributed by atoms with E-state index in [1.807, 2.05) is 30.3 Å². The lowest BCUT2D eigenvalue weighted by molar-refractivity contribution is -0.142. The minimum Gasteiger partial charge on any atom is -0.465 e. The van der Waals surface area contributed by atoms with E-state index in [9.17, 15) is 9.59 Å². The number of carbonyl (C=O) groups excluding carboxylic acids is 2. The number of esters is 1. The van der Waals surface area contributed by atoms with Crippen molar-refractivity contribution in [2.45, 2.75) is 12.1 Å². The van der Waals surface area contributed by atoms with Gasteiger partial charge in [-0.2, -0.15) is 0 Å². The number of thioether (sulfide) groups is 1. The minimum absolute atomic E-state index is 0.0769. The molecule has 150 valence electrons. The Balaban J connectivity index is 1.74. The van der Waals surface area contributed by atoms with Crippen LogP contribution in [0.5, 0.6) is 0 Å². The number of aromatic nitrogens is 3. The van der Waals surface area contributed by atoms with E-state index in [1.165, 1.54) is 16.7 Å². The molecule has 0 aliphatic carbocycles. The second kappa shape index (κ2) is 10.1. The summed E-state index contributed by atoms with van der Waals surface area (Å²) < 4.78 is 6.76. The molecule has 29 heavy (non-hydrogen) atoms. The second-order valence-electron chi connectivity index (χ2n) is 5.87. The zero-order chi connectivity index (χ0) is 20.6. The third-order valence-corrected chi connectivity index (χ3v) is 5.05. The number of anilines is 1. The lowest BCUT2D eigenvalue weighted by Gasteiger charge is -2.21. The lowest BCUT2D eigenvalue weighted by Crippen LogP contribution is -2.37. The molecule has 0 bridgehead atoms. The van der Waals surface area contributed by atoms with Gasteiger partial charge < -0.3 is 9.64 Å². The van der Waals surface area contributed by atoms with Crippen LogP contribution in [-0.4, -0.2) is 45.5 Å². The number of carbonyl (C=O) groups is 2. The maximum absolute atomic E-state index is 12.9. The molecule has 7 nitrogen and oxygen atoms in total. The van der Waals surface area contributed by atoms with Crippen molar-refractivity contribution in [1.29, 1.82) is 0 Å². The number of rotatable bonds is 8. The standard InChI is InChI=1S/C20H19ClN4O3S/c1-2-28-19(27)12-24(16-8-4-3-5-9-16)18(26)13-29-20-23-22-14-25(20)17-10-6-7-15(21)11-17/h3-11,14H,2,12-13H2,1H3. The van der Waals surface area contributed by atoms with Crippen molar-refractivity contribution in [1.82, 2.24) is 14.8 Å². The summed E-state index contributed by atoms with van der Waals surface area (Å²) in [5.74, 6) is -0.625. The Morgan fingerprint density at radius 3 is 2.69 bits per heavy atom. The molecule has 0 aliphatic rings. The third kappa shape index (κ3) is 5.58. The number of ether oxygens (including phenoxy) is 1. The van der Waals surface area contributed by atoms with Crippen LogP contribution in [0.4, 0.5) is 5.69 Å². The topological polar surface area (TPSA) is 77.3 Å². The van der Waals surface area contributed by atoms with Crippen LogP contribution in [0.1, 0.15) is 6.92 Å². The maximum Gasteiger partial charge on any atom is 0.326 e. The van der Waals surface area contributed by atoms with E-state index < -0.39 is 5.97 Å². The monoisotopic (exact) mass is 430 g/mol. The van der Waals surface area contributed by atoms with Crippen LogP contribution < -0.4 is 4.90 Å². The Morgan fingerprint density at radius 1 is 1.17 bits per heavy atom. The molecule has 1 amide bonds. The summed E-state index contributed by atoms with van der Waals surface area (Å²) in [6, 6.07) is 16.3. The van der Waals surface area contributed by atoms with E-state index in [4.69, 9.17) is 16.3 Å².